The molecule has 0 spiro atoms. The Morgan fingerprint density at radius 1 is 1.08 bits per heavy atom. The maximum absolute atomic E-state index is 13.0. The van der Waals surface area contributed by atoms with Crippen LogP contribution in [0.15, 0.2) is 48.5 Å². The minimum Gasteiger partial charge on any atom is -0.352 e. The highest BCUT2D eigenvalue weighted by Gasteiger charge is 2.51. The molecule has 3 unspecified atom stereocenters. The molecule has 3 atom stereocenters. The van der Waals surface area contributed by atoms with Crippen LogP contribution in [0, 0.1) is 18.8 Å². The van der Waals surface area contributed by atoms with Gasteiger partial charge in [-0.1, -0.05) is 42.5 Å². The van der Waals surface area contributed by atoms with Gasteiger partial charge in [-0.3, -0.25) is 9.59 Å². The van der Waals surface area contributed by atoms with Gasteiger partial charge in [-0.15, -0.1) is 0 Å². The molecule has 1 heterocycles. The number of carbonyl (C=O) groups excluding carboxylic acids is 2. The van der Waals surface area contributed by atoms with Crippen molar-refractivity contribution < 1.29 is 9.59 Å². The van der Waals surface area contributed by atoms with Crippen LogP contribution >= 0.6 is 0 Å². The van der Waals surface area contributed by atoms with Crippen LogP contribution in [0.2, 0.25) is 0 Å². The van der Waals surface area contributed by atoms with E-state index < -0.39 is 0 Å². The normalized spacial score (nSPS) is 23.5. The van der Waals surface area contributed by atoms with Crippen molar-refractivity contribution in [2.24, 2.45) is 11.8 Å². The molecular formula is C22H24N2O2. The van der Waals surface area contributed by atoms with Crippen LogP contribution in [0.4, 0.5) is 5.69 Å². The third-order valence-electron chi connectivity index (χ3n) is 5.60. The van der Waals surface area contributed by atoms with Gasteiger partial charge in [-0.25, -0.2) is 0 Å². The van der Waals surface area contributed by atoms with Gasteiger partial charge in [0.1, 0.15) is 0 Å². The third kappa shape index (κ3) is 3.00. The number of carbonyl (C=O) groups is 2. The number of rotatable bonds is 4. The number of hydrogen-bond acceptors (Lipinski definition) is 2. The van der Waals surface area contributed by atoms with Gasteiger partial charge in [0.25, 0.3) is 0 Å². The van der Waals surface area contributed by atoms with Crippen LogP contribution in [0.25, 0.3) is 0 Å². The predicted octanol–water partition coefficient (Wildman–Crippen LogP) is 3.23. The van der Waals surface area contributed by atoms with E-state index in [2.05, 4.69) is 18.3 Å². The summed E-state index contributed by atoms with van der Waals surface area (Å²) < 4.78 is 0. The first-order valence-electron chi connectivity index (χ1n) is 9.29. The smallest absolute Gasteiger partial charge is 0.231 e. The molecule has 0 bridgehead atoms. The summed E-state index contributed by atoms with van der Waals surface area (Å²) in [6.45, 7) is 4.64. The summed E-state index contributed by atoms with van der Waals surface area (Å²) in [5.41, 5.74) is 4.51. The second-order valence-corrected chi connectivity index (χ2v) is 7.48. The standard InChI is InChI=1S/C22H24N2O2/c1-14-7-3-4-9-17(14)13-23-21(25)18-12-19(18)22(26)24-15(2)11-16-8-5-6-10-20(16)24/h3-10,15,18-19H,11-13H2,1-2H3,(H,23,25). The summed E-state index contributed by atoms with van der Waals surface area (Å²) in [4.78, 5) is 27.3. The lowest BCUT2D eigenvalue weighted by atomic mass is 10.1. The number of para-hydroxylation sites is 1. The van der Waals surface area contributed by atoms with E-state index in [-0.39, 0.29) is 29.7 Å². The quantitative estimate of drug-likeness (QED) is 0.922. The van der Waals surface area contributed by atoms with Crippen LogP contribution in [0.3, 0.4) is 0 Å². The molecule has 0 radical (unpaired) electrons. The fourth-order valence-electron chi connectivity index (χ4n) is 3.96. The lowest BCUT2D eigenvalue weighted by molar-refractivity contribution is -0.126. The van der Waals surface area contributed by atoms with Gasteiger partial charge >= 0.3 is 0 Å². The minimum absolute atomic E-state index is 0.00765. The molecule has 1 aliphatic heterocycles. The van der Waals surface area contributed by atoms with Crippen molar-refractivity contribution in [3.05, 3.63) is 65.2 Å². The molecule has 1 aliphatic carbocycles. The van der Waals surface area contributed by atoms with Gasteiger partial charge in [0.15, 0.2) is 0 Å². The molecule has 0 aromatic heterocycles. The number of nitrogens with one attached hydrogen (secondary N) is 1. The summed E-state index contributed by atoms with van der Waals surface area (Å²) in [5.74, 6) is -0.280. The van der Waals surface area contributed by atoms with Crippen LogP contribution in [-0.4, -0.2) is 17.9 Å². The maximum atomic E-state index is 13.0. The number of fused-ring (bicyclic) bond motifs is 1. The largest absolute Gasteiger partial charge is 0.352 e. The van der Waals surface area contributed by atoms with Crippen molar-refractivity contribution in [2.45, 2.75) is 39.3 Å². The molecule has 2 aromatic carbocycles. The predicted molar refractivity (Wildman–Crippen MR) is 102 cm³/mol. The second-order valence-electron chi connectivity index (χ2n) is 7.48. The number of aryl methyl sites for hydroxylation is 1. The zero-order chi connectivity index (χ0) is 18.3. The van der Waals surface area contributed by atoms with Crippen molar-refractivity contribution in [2.75, 3.05) is 4.90 Å². The van der Waals surface area contributed by atoms with Crippen LogP contribution in [0.1, 0.15) is 30.0 Å². The van der Waals surface area contributed by atoms with E-state index in [1.54, 1.807) is 0 Å². The molecule has 134 valence electrons. The Balaban J connectivity index is 1.38. The number of amides is 2. The van der Waals surface area contributed by atoms with Crippen molar-refractivity contribution in [1.82, 2.24) is 5.32 Å². The first-order chi connectivity index (χ1) is 12.6. The Kier molecular flexibility index (Phi) is 4.27. The lowest BCUT2D eigenvalue weighted by Crippen LogP contribution is -2.38. The molecule has 26 heavy (non-hydrogen) atoms. The van der Waals surface area contributed by atoms with Gasteiger partial charge in [0.05, 0.1) is 11.8 Å². The molecule has 1 saturated carbocycles. The molecule has 4 rings (SSSR count). The van der Waals surface area contributed by atoms with Gasteiger partial charge in [0, 0.05) is 18.3 Å². The zero-order valence-corrected chi connectivity index (χ0v) is 15.2. The van der Waals surface area contributed by atoms with Crippen LogP contribution < -0.4 is 10.2 Å². The van der Waals surface area contributed by atoms with Crippen LogP contribution in [-0.2, 0) is 22.6 Å². The summed E-state index contributed by atoms with van der Waals surface area (Å²) in [7, 11) is 0. The van der Waals surface area contributed by atoms with E-state index in [4.69, 9.17) is 0 Å². The Labute approximate surface area is 154 Å². The highest BCUT2D eigenvalue weighted by molar-refractivity contribution is 6.02. The highest BCUT2D eigenvalue weighted by Crippen LogP contribution is 2.43. The summed E-state index contributed by atoms with van der Waals surface area (Å²) in [5, 5.41) is 3.00. The van der Waals surface area contributed by atoms with E-state index in [1.165, 1.54) is 11.1 Å². The van der Waals surface area contributed by atoms with Crippen molar-refractivity contribution in [3.8, 4) is 0 Å². The molecule has 4 nitrogen and oxygen atoms in total. The summed E-state index contributed by atoms with van der Waals surface area (Å²) >= 11 is 0. The maximum Gasteiger partial charge on any atom is 0.231 e. The van der Waals surface area contributed by atoms with Gasteiger partial charge in [-0.05, 0) is 49.4 Å². The van der Waals surface area contributed by atoms with E-state index >= 15 is 0 Å². The number of nitrogens with zero attached hydrogens (tertiary/aromatic N) is 1. The van der Waals surface area contributed by atoms with E-state index in [9.17, 15) is 9.59 Å². The molecule has 1 N–H and O–H groups in total. The van der Waals surface area contributed by atoms with Crippen molar-refractivity contribution in [1.29, 1.82) is 0 Å². The molecule has 2 amide bonds. The van der Waals surface area contributed by atoms with Crippen molar-refractivity contribution in [3.63, 3.8) is 0 Å². The highest BCUT2D eigenvalue weighted by atomic mass is 16.2. The summed E-state index contributed by atoms with van der Waals surface area (Å²) in [6.07, 6.45) is 1.54. The molecule has 2 aromatic rings. The summed E-state index contributed by atoms with van der Waals surface area (Å²) in [6, 6.07) is 16.3. The first-order valence-corrected chi connectivity index (χ1v) is 9.29. The minimum atomic E-state index is -0.188. The Bertz CT molecular complexity index is 861. The SMILES string of the molecule is Cc1ccccc1CNC(=O)C1CC1C(=O)N1c2ccccc2CC1C. The molecular weight excluding hydrogens is 324 g/mol. The Hall–Kier alpha value is -2.62. The number of benzene rings is 2. The molecule has 0 saturated heterocycles. The van der Waals surface area contributed by atoms with Gasteiger partial charge < -0.3 is 10.2 Å². The number of anilines is 1. The Morgan fingerprint density at radius 2 is 1.81 bits per heavy atom. The molecule has 2 aliphatic rings. The zero-order valence-electron chi connectivity index (χ0n) is 15.2. The number of hydrogen-bond donors (Lipinski definition) is 1. The van der Waals surface area contributed by atoms with E-state index in [0.717, 1.165) is 17.7 Å². The molecule has 1 fully saturated rings. The fraction of sp³-hybridized carbons (Fsp3) is 0.364. The lowest BCUT2D eigenvalue weighted by Gasteiger charge is -2.23. The Morgan fingerprint density at radius 3 is 2.62 bits per heavy atom. The second kappa shape index (κ2) is 6.60. The topological polar surface area (TPSA) is 49.4 Å². The molecule has 4 heteroatoms. The fourth-order valence-corrected chi connectivity index (χ4v) is 3.96. The third-order valence-corrected chi connectivity index (χ3v) is 5.60. The van der Waals surface area contributed by atoms with E-state index in [0.29, 0.717) is 13.0 Å². The van der Waals surface area contributed by atoms with E-state index in [1.807, 2.05) is 54.3 Å². The van der Waals surface area contributed by atoms with Gasteiger partial charge in [0.2, 0.25) is 11.8 Å². The average molecular weight is 348 g/mol. The monoisotopic (exact) mass is 348 g/mol. The van der Waals surface area contributed by atoms with Crippen molar-refractivity contribution >= 4 is 17.5 Å². The first kappa shape index (κ1) is 16.8. The van der Waals surface area contributed by atoms with Gasteiger partial charge in [-0.2, -0.15) is 0 Å². The van der Waals surface area contributed by atoms with Crippen LogP contribution in [0.5, 0.6) is 0 Å². The average Bonchev–Trinajstić information content (AvgIpc) is 3.36.